The predicted molar refractivity (Wildman–Crippen MR) is 69.7 cm³/mol. The molecule has 1 aromatic rings. The number of halogens is 3. The van der Waals surface area contributed by atoms with Crippen LogP contribution in [0.2, 0.25) is 0 Å². The Morgan fingerprint density at radius 3 is 2.62 bits per heavy atom. The van der Waals surface area contributed by atoms with Crippen LogP contribution in [0.15, 0.2) is 18.3 Å². The lowest BCUT2D eigenvalue weighted by molar-refractivity contribution is -0.138. The summed E-state index contributed by atoms with van der Waals surface area (Å²) in [5.41, 5.74) is -0.794. The summed E-state index contributed by atoms with van der Waals surface area (Å²) < 4.78 is 42.2. The van der Waals surface area contributed by atoms with Crippen LogP contribution in [0, 0.1) is 0 Å². The molecule has 116 valence electrons. The predicted octanol–water partition coefficient (Wildman–Crippen LogP) is 1.76. The Bertz CT molecular complexity index is 471. The normalized spacial score (nSPS) is 15.9. The summed E-state index contributed by atoms with van der Waals surface area (Å²) in [6, 6.07) is 2.21. The van der Waals surface area contributed by atoms with E-state index in [9.17, 15) is 18.0 Å². The Morgan fingerprint density at radius 1 is 1.33 bits per heavy atom. The first kappa shape index (κ1) is 15.6. The summed E-state index contributed by atoms with van der Waals surface area (Å²) in [7, 11) is 0. The molecule has 0 bridgehead atoms. The molecule has 8 heteroatoms. The van der Waals surface area contributed by atoms with Crippen molar-refractivity contribution in [1.29, 1.82) is 0 Å². The van der Waals surface area contributed by atoms with Gasteiger partial charge in [0.15, 0.2) is 0 Å². The third kappa shape index (κ3) is 4.59. The second-order valence-electron chi connectivity index (χ2n) is 4.60. The van der Waals surface area contributed by atoms with E-state index < -0.39 is 11.7 Å². The van der Waals surface area contributed by atoms with Gasteiger partial charge < -0.3 is 15.0 Å². The highest BCUT2D eigenvalue weighted by molar-refractivity contribution is 5.76. The number of anilines is 1. The van der Waals surface area contributed by atoms with Crippen molar-refractivity contribution in [1.82, 2.24) is 9.88 Å². The Balaban J connectivity index is 1.76. The van der Waals surface area contributed by atoms with Crippen LogP contribution in [0.5, 0.6) is 0 Å². The van der Waals surface area contributed by atoms with E-state index in [1.54, 1.807) is 4.90 Å². The van der Waals surface area contributed by atoms with Crippen LogP contribution >= 0.6 is 0 Å². The lowest BCUT2D eigenvalue weighted by Gasteiger charge is -2.26. The van der Waals surface area contributed by atoms with Gasteiger partial charge in [-0.25, -0.2) is 4.98 Å². The zero-order valence-corrected chi connectivity index (χ0v) is 11.3. The van der Waals surface area contributed by atoms with Crippen molar-refractivity contribution in [2.45, 2.75) is 12.6 Å². The fraction of sp³-hybridized carbons (Fsp3) is 0.538. The average Bonchev–Trinajstić information content (AvgIpc) is 2.47. The van der Waals surface area contributed by atoms with Gasteiger partial charge in [0.1, 0.15) is 5.82 Å². The molecule has 2 heterocycles. The minimum atomic E-state index is -4.39. The smallest absolute Gasteiger partial charge is 0.378 e. The topological polar surface area (TPSA) is 54.5 Å². The number of amides is 1. The van der Waals surface area contributed by atoms with Crippen LogP contribution in [0.1, 0.15) is 12.0 Å². The van der Waals surface area contributed by atoms with Crippen LogP contribution in [0.3, 0.4) is 0 Å². The summed E-state index contributed by atoms with van der Waals surface area (Å²) >= 11 is 0. The van der Waals surface area contributed by atoms with Crippen molar-refractivity contribution in [3.8, 4) is 0 Å². The first-order valence-electron chi connectivity index (χ1n) is 6.59. The van der Waals surface area contributed by atoms with Crippen molar-refractivity contribution >= 4 is 11.7 Å². The highest BCUT2D eigenvalue weighted by Crippen LogP contribution is 2.28. The molecule has 0 radical (unpaired) electrons. The SMILES string of the molecule is O=C(CCNc1ccc(C(F)(F)F)cn1)N1CCOCC1. The number of nitrogens with one attached hydrogen (secondary N) is 1. The molecule has 1 fully saturated rings. The van der Waals surface area contributed by atoms with Gasteiger partial charge in [-0.2, -0.15) is 13.2 Å². The highest BCUT2D eigenvalue weighted by atomic mass is 19.4. The molecule has 0 saturated carbocycles. The molecule has 1 amide bonds. The molecule has 0 spiro atoms. The molecule has 1 aromatic heterocycles. The zero-order valence-electron chi connectivity index (χ0n) is 11.3. The number of carbonyl (C=O) groups excluding carboxylic acids is 1. The van der Waals surface area contributed by atoms with Crippen molar-refractivity contribution in [3.05, 3.63) is 23.9 Å². The Labute approximate surface area is 120 Å². The number of morpholine rings is 1. The number of nitrogens with zero attached hydrogens (tertiary/aromatic N) is 2. The quantitative estimate of drug-likeness (QED) is 0.921. The van der Waals surface area contributed by atoms with Crippen molar-refractivity contribution in [2.24, 2.45) is 0 Å². The van der Waals surface area contributed by atoms with Gasteiger partial charge in [0, 0.05) is 32.3 Å². The van der Waals surface area contributed by atoms with E-state index in [-0.39, 0.29) is 12.3 Å². The molecule has 0 unspecified atom stereocenters. The fourth-order valence-corrected chi connectivity index (χ4v) is 1.93. The van der Waals surface area contributed by atoms with Gasteiger partial charge in [-0.3, -0.25) is 4.79 Å². The van der Waals surface area contributed by atoms with Crippen LogP contribution < -0.4 is 5.32 Å². The van der Waals surface area contributed by atoms with Gasteiger partial charge in [-0.05, 0) is 12.1 Å². The van der Waals surface area contributed by atoms with E-state index in [0.29, 0.717) is 38.7 Å². The van der Waals surface area contributed by atoms with Crippen LogP contribution in [0.25, 0.3) is 0 Å². The van der Waals surface area contributed by atoms with Gasteiger partial charge in [-0.15, -0.1) is 0 Å². The number of pyridine rings is 1. The molecule has 1 aliphatic rings. The lowest BCUT2D eigenvalue weighted by atomic mass is 10.2. The van der Waals surface area contributed by atoms with Crippen molar-refractivity contribution < 1.29 is 22.7 Å². The van der Waals surface area contributed by atoms with E-state index in [0.717, 1.165) is 12.3 Å². The number of rotatable bonds is 4. The number of ether oxygens (including phenoxy) is 1. The van der Waals surface area contributed by atoms with E-state index in [4.69, 9.17) is 4.74 Å². The molecule has 0 aliphatic carbocycles. The second-order valence-corrected chi connectivity index (χ2v) is 4.60. The van der Waals surface area contributed by atoms with Gasteiger partial charge in [0.2, 0.25) is 5.91 Å². The molecule has 2 rings (SSSR count). The largest absolute Gasteiger partial charge is 0.417 e. The summed E-state index contributed by atoms with van der Waals surface area (Å²) in [6.45, 7) is 2.57. The first-order chi connectivity index (χ1) is 9.97. The monoisotopic (exact) mass is 303 g/mol. The van der Waals surface area contributed by atoms with E-state index >= 15 is 0 Å². The third-order valence-electron chi connectivity index (χ3n) is 3.10. The number of carbonyl (C=O) groups is 1. The Hall–Kier alpha value is -1.83. The van der Waals surface area contributed by atoms with E-state index in [2.05, 4.69) is 10.3 Å². The van der Waals surface area contributed by atoms with Crippen LogP contribution in [0.4, 0.5) is 19.0 Å². The van der Waals surface area contributed by atoms with E-state index in [1.165, 1.54) is 6.07 Å². The maximum absolute atomic E-state index is 12.4. The average molecular weight is 303 g/mol. The fourth-order valence-electron chi connectivity index (χ4n) is 1.93. The summed E-state index contributed by atoms with van der Waals surface area (Å²) in [5, 5.41) is 2.84. The number of hydrogen-bond acceptors (Lipinski definition) is 4. The molecule has 1 N–H and O–H groups in total. The number of alkyl halides is 3. The van der Waals surface area contributed by atoms with E-state index in [1.807, 2.05) is 0 Å². The summed E-state index contributed by atoms with van der Waals surface area (Å²) in [5.74, 6) is 0.315. The first-order valence-corrected chi connectivity index (χ1v) is 6.59. The molecule has 5 nitrogen and oxygen atoms in total. The number of aromatic nitrogens is 1. The third-order valence-corrected chi connectivity index (χ3v) is 3.10. The Morgan fingerprint density at radius 2 is 2.05 bits per heavy atom. The van der Waals surface area contributed by atoms with Gasteiger partial charge in [-0.1, -0.05) is 0 Å². The minimum Gasteiger partial charge on any atom is -0.378 e. The maximum Gasteiger partial charge on any atom is 0.417 e. The zero-order chi connectivity index (χ0) is 15.3. The van der Waals surface area contributed by atoms with Crippen molar-refractivity contribution in [3.63, 3.8) is 0 Å². The van der Waals surface area contributed by atoms with Crippen LogP contribution in [-0.4, -0.2) is 48.6 Å². The molecule has 21 heavy (non-hydrogen) atoms. The van der Waals surface area contributed by atoms with Gasteiger partial charge in [0.05, 0.1) is 18.8 Å². The summed E-state index contributed by atoms with van der Waals surface area (Å²) in [4.78, 5) is 17.2. The molecule has 0 aromatic carbocycles. The summed E-state index contributed by atoms with van der Waals surface area (Å²) in [6.07, 6.45) is -3.35. The molecular formula is C13H16F3N3O2. The lowest BCUT2D eigenvalue weighted by Crippen LogP contribution is -2.41. The standard InChI is InChI=1S/C13H16F3N3O2/c14-13(15,16)10-1-2-11(18-9-10)17-4-3-12(20)19-5-7-21-8-6-19/h1-2,9H,3-8H2,(H,17,18). The van der Waals surface area contributed by atoms with Gasteiger partial charge in [0.25, 0.3) is 0 Å². The molecule has 0 atom stereocenters. The second kappa shape index (κ2) is 6.75. The van der Waals surface area contributed by atoms with Crippen LogP contribution in [-0.2, 0) is 15.7 Å². The highest BCUT2D eigenvalue weighted by Gasteiger charge is 2.30. The Kier molecular flexibility index (Phi) is 5.00. The molecular weight excluding hydrogens is 287 g/mol. The minimum absolute atomic E-state index is 0.00212. The van der Waals surface area contributed by atoms with Crippen molar-refractivity contribution in [2.75, 3.05) is 38.2 Å². The molecule has 1 saturated heterocycles. The van der Waals surface area contributed by atoms with Gasteiger partial charge >= 0.3 is 6.18 Å². The maximum atomic E-state index is 12.4. The number of hydrogen-bond donors (Lipinski definition) is 1. The molecule has 1 aliphatic heterocycles.